The monoisotopic (exact) mass is 382 g/mol. The zero-order valence-corrected chi connectivity index (χ0v) is 15.5. The van der Waals surface area contributed by atoms with E-state index in [2.05, 4.69) is 50.4 Å². The van der Waals surface area contributed by atoms with Gasteiger partial charge in [-0.15, -0.1) is 0 Å². The Morgan fingerprint density at radius 3 is 2.91 bits per heavy atom. The molecule has 1 atom stereocenters. The molecule has 0 saturated carbocycles. The first kappa shape index (κ1) is 18.4. The van der Waals surface area contributed by atoms with Gasteiger partial charge in [-0.05, 0) is 50.4 Å². The van der Waals surface area contributed by atoms with Crippen LogP contribution in [-0.2, 0) is 16.1 Å². The average Bonchev–Trinajstić information content (AvgIpc) is 2.57. The fourth-order valence-electron chi connectivity index (χ4n) is 2.94. The van der Waals surface area contributed by atoms with Crippen molar-refractivity contribution >= 4 is 21.8 Å². The number of nitrogens with one attached hydrogen (secondary N) is 1. The number of nitrogens with zero attached hydrogens (tertiary/aromatic N) is 1. The van der Waals surface area contributed by atoms with E-state index >= 15 is 0 Å². The lowest BCUT2D eigenvalue weighted by Crippen LogP contribution is -2.43. The Morgan fingerprint density at radius 1 is 1.39 bits per heavy atom. The first-order valence-corrected chi connectivity index (χ1v) is 9.30. The number of carbonyl (C=O) groups excluding carboxylic acids is 1. The molecule has 4 nitrogen and oxygen atoms in total. The van der Waals surface area contributed by atoms with Crippen molar-refractivity contribution < 1.29 is 9.53 Å². The molecule has 1 aliphatic heterocycles. The summed E-state index contributed by atoms with van der Waals surface area (Å²) in [7, 11) is 0. The Bertz CT molecular complexity index is 478. The minimum Gasteiger partial charge on any atom is -0.382 e. The van der Waals surface area contributed by atoms with Crippen LogP contribution in [0.5, 0.6) is 0 Å². The predicted molar refractivity (Wildman–Crippen MR) is 96.3 cm³/mol. The Morgan fingerprint density at radius 2 is 2.17 bits per heavy atom. The second kappa shape index (κ2) is 10.1. The van der Waals surface area contributed by atoms with E-state index in [4.69, 9.17) is 4.74 Å². The SMILES string of the molecule is CCOCCCNC(=O)C1CCCN(Cc2ccc(Br)cc2)C1. The van der Waals surface area contributed by atoms with Gasteiger partial charge < -0.3 is 10.1 Å². The summed E-state index contributed by atoms with van der Waals surface area (Å²) in [4.78, 5) is 14.7. The van der Waals surface area contributed by atoms with E-state index in [1.54, 1.807) is 0 Å². The molecular weight excluding hydrogens is 356 g/mol. The summed E-state index contributed by atoms with van der Waals surface area (Å²) in [6.45, 7) is 7.00. The molecule has 1 aromatic rings. The molecule has 0 bridgehead atoms. The van der Waals surface area contributed by atoms with Gasteiger partial charge >= 0.3 is 0 Å². The molecule has 5 heteroatoms. The Hall–Kier alpha value is -0.910. The quantitative estimate of drug-likeness (QED) is 0.701. The van der Waals surface area contributed by atoms with Crippen molar-refractivity contribution in [2.45, 2.75) is 32.7 Å². The maximum absolute atomic E-state index is 12.3. The van der Waals surface area contributed by atoms with Gasteiger partial charge in [0.2, 0.25) is 5.91 Å². The third kappa shape index (κ3) is 6.61. The van der Waals surface area contributed by atoms with Gasteiger partial charge in [0.05, 0.1) is 5.92 Å². The maximum Gasteiger partial charge on any atom is 0.224 e. The highest BCUT2D eigenvalue weighted by Gasteiger charge is 2.25. The Kier molecular flexibility index (Phi) is 8.06. The van der Waals surface area contributed by atoms with Gasteiger partial charge in [-0.1, -0.05) is 28.1 Å². The number of ether oxygens (including phenoxy) is 1. The highest BCUT2D eigenvalue weighted by atomic mass is 79.9. The summed E-state index contributed by atoms with van der Waals surface area (Å²) in [6, 6.07) is 8.42. The topological polar surface area (TPSA) is 41.6 Å². The number of benzene rings is 1. The first-order chi connectivity index (χ1) is 11.2. The van der Waals surface area contributed by atoms with Gasteiger partial charge in [0.1, 0.15) is 0 Å². The van der Waals surface area contributed by atoms with Crippen LogP contribution >= 0.6 is 15.9 Å². The fraction of sp³-hybridized carbons (Fsp3) is 0.611. The molecule has 1 saturated heterocycles. The Balaban J connectivity index is 1.74. The van der Waals surface area contributed by atoms with Crippen molar-refractivity contribution in [2.75, 3.05) is 32.8 Å². The second-order valence-corrected chi connectivity index (χ2v) is 6.96. The van der Waals surface area contributed by atoms with Crippen molar-refractivity contribution in [1.29, 1.82) is 0 Å². The molecule has 1 heterocycles. The summed E-state index contributed by atoms with van der Waals surface area (Å²) in [5.74, 6) is 0.313. The number of piperidine rings is 1. The molecule has 128 valence electrons. The second-order valence-electron chi connectivity index (χ2n) is 6.04. The number of carbonyl (C=O) groups is 1. The highest BCUT2D eigenvalue weighted by molar-refractivity contribution is 9.10. The van der Waals surface area contributed by atoms with Crippen LogP contribution in [0.3, 0.4) is 0 Å². The van der Waals surface area contributed by atoms with Gasteiger partial charge in [0, 0.05) is 37.3 Å². The van der Waals surface area contributed by atoms with Crippen LogP contribution in [0.4, 0.5) is 0 Å². The van der Waals surface area contributed by atoms with E-state index < -0.39 is 0 Å². The summed E-state index contributed by atoms with van der Waals surface area (Å²) in [5, 5.41) is 3.05. The van der Waals surface area contributed by atoms with Crippen LogP contribution in [0.25, 0.3) is 0 Å². The van der Waals surface area contributed by atoms with Crippen LogP contribution in [0, 0.1) is 5.92 Å². The lowest BCUT2D eigenvalue weighted by Gasteiger charge is -2.32. The van der Waals surface area contributed by atoms with E-state index in [0.29, 0.717) is 6.54 Å². The molecule has 1 unspecified atom stereocenters. The lowest BCUT2D eigenvalue weighted by molar-refractivity contribution is -0.126. The summed E-state index contributed by atoms with van der Waals surface area (Å²) < 4.78 is 6.39. The number of amides is 1. The third-order valence-corrected chi connectivity index (χ3v) is 4.69. The van der Waals surface area contributed by atoms with Crippen LogP contribution in [0.2, 0.25) is 0 Å². The smallest absolute Gasteiger partial charge is 0.224 e. The summed E-state index contributed by atoms with van der Waals surface area (Å²) in [5.41, 5.74) is 1.30. The fourth-order valence-corrected chi connectivity index (χ4v) is 3.20. The number of halogens is 1. The number of likely N-dealkylation sites (tertiary alicyclic amines) is 1. The first-order valence-electron chi connectivity index (χ1n) is 8.51. The molecule has 0 aromatic heterocycles. The van der Waals surface area contributed by atoms with Gasteiger partial charge in [-0.2, -0.15) is 0 Å². The highest BCUT2D eigenvalue weighted by Crippen LogP contribution is 2.19. The number of hydrogen-bond acceptors (Lipinski definition) is 3. The van der Waals surface area contributed by atoms with Crippen LogP contribution in [0.15, 0.2) is 28.7 Å². The van der Waals surface area contributed by atoms with E-state index in [1.807, 2.05) is 6.92 Å². The summed E-state index contributed by atoms with van der Waals surface area (Å²) in [6.07, 6.45) is 2.97. The molecule has 1 aromatic carbocycles. The third-order valence-electron chi connectivity index (χ3n) is 4.16. The minimum atomic E-state index is 0.117. The van der Waals surface area contributed by atoms with Crippen molar-refractivity contribution in [3.05, 3.63) is 34.3 Å². The Labute approximate surface area is 147 Å². The van der Waals surface area contributed by atoms with E-state index in [-0.39, 0.29) is 11.8 Å². The zero-order valence-electron chi connectivity index (χ0n) is 13.9. The number of rotatable bonds is 8. The molecule has 0 radical (unpaired) electrons. The van der Waals surface area contributed by atoms with Crippen molar-refractivity contribution in [3.8, 4) is 0 Å². The summed E-state index contributed by atoms with van der Waals surface area (Å²) >= 11 is 3.46. The van der Waals surface area contributed by atoms with E-state index in [0.717, 1.165) is 56.6 Å². The van der Waals surface area contributed by atoms with Crippen LogP contribution < -0.4 is 5.32 Å². The lowest BCUT2D eigenvalue weighted by atomic mass is 9.96. The average molecular weight is 383 g/mol. The molecule has 0 spiro atoms. The number of hydrogen-bond donors (Lipinski definition) is 1. The predicted octanol–water partition coefficient (Wildman–Crippen LogP) is 3.20. The minimum absolute atomic E-state index is 0.117. The van der Waals surface area contributed by atoms with E-state index in [9.17, 15) is 4.79 Å². The van der Waals surface area contributed by atoms with Gasteiger partial charge in [-0.3, -0.25) is 9.69 Å². The molecule has 1 aliphatic rings. The van der Waals surface area contributed by atoms with Gasteiger partial charge in [0.25, 0.3) is 0 Å². The molecule has 1 amide bonds. The molecular formula is C18H27BrN2O2. The zero-order chi connectivity index (χ0) is 16.5. The largest absolute Gasteiger partial charge is 0.382 e. The van der Waals surface area contributed by atoms with Gasteiger partial charge in [0.15, 0.2) is 0 Å². The molecule has 2 rings (SSSR count). The normalized spacial score (nSPS) is 18.8. The van der Waals surface area contributed by atoms with Crippen molar-refractivity contribution in [3.63, 3.8) is 0 Å². The van der Waals surface area contributed by atoms with Crippen LogP contribution in [-0.4, -0.2) is 43.7 Å². The molecule has 0 aliphatic carbocycles. The van der Waals surface area contributed by atoms with Crippen LogP contribution in [0.1, 0.15) is 31.7 Å². The van der Waals surface area contributed by atoms with Gasteiger partial charge in [-0.25, -0.2) is 0 Å². The maximum atomic E-state index is 12.3. The van der Waals surface area contributed by atoms with Crippen molar-refractivity contribution in [2.24, 2.45) is 5.92 Å². The van der Waals surface area contributed by atoms with E-state index in [1.165, 1.54) is 5.56 Å². The standard InChI is InChI=1S/C18H27BrN2O2/c1-2-23-12-4-10-20-18(22)16-5-3-11-21(14-16)13-15-6-8-17(19)9-7-15/h6-9,16H,2-5,10-14H2,1H3,(H,20,22). The molecule has 23 heavy (non-hydrogen) atoms. The van der Waals surface area contributed by atoms with Crippen molar-refractivity contribution in [1.82, 2.24) is 10.2 Å². The molecule has 1 N–H and O–H groups in total. The molecule has 1 fully saturated rings.